The van der Waals surface area contributed by atoms with Crippen molar-refractivity contribution in [3.8, 4) is 5.88 Å². The predicted molar refractivity (Wildman–Crippen MR) is 84.2 cm³/mol. The van der Waals surface area contributed by atoms with Gasteiger partial charge in [-0.2, -0.15) is 0 Å². The molecular formula is C16H16ClFN2O3. The molecule has 0 amide bonds. The van der Waals surface area contributed by atoms with E-state index in [1.54, 1.807) is 12.3 Å². The molecule has 0 aliphatic carbocycles. The highest BCUT2D eigenvalue weighted by atomic mass is 35.5. The van der Waals surface area contributed by atoms with Crippen molar-refractivity contribution in [3.63, 3.8) is 0 Å². The van der Waals surface area contributed by atoms with Gasteiger partial charge in [-0.1, -0.05) is 17.7 Å². The van der Waals surface area contributed by atoms with Gasteiger partial charge in [-0.15, -0.1) is 0 Å². The lowest BCUT2D eigenvalue weighted by molar-refractivity contribution is -0.139. The molecule has 0 saturated heterocycles. The second kappa shape index (κ2) is 7.39. The number of hydrogen-bond acceptors (Lipinski definition) is 4. The number of aryl methyl sites for hydroxylation is 1. The minimum absolute atomic E-state index is 0.113. The van der Waals surface area contributed by atoms with Crippen LogP contribution in [0.4, 0.5) is 4.39 Å². The van der Waals surface area contributed by atoms with Gasteiger partial charge in [0.25, 0.3) is 0 Å². The Labute approximate surface area is 138 Å². The number of carboxylic acid groups (broad SMARTS) is 1. The number of carbonyl (C=O) groups is 1. The van der Waals surface area contributed by atoms with Crippen molar-refractivity contribution in [1.29, 1.82) is 0 Å². The summed E-state index contributed by atoms with van der Waals surface area (Å²) >= 11 is 5.72. The van der Waals surface area contributed by atoms with Gasteiger partial charge in [0.05, 0.1) is 12.1 Å². The molecule has 1 unspecified atom stereocenters. The summed E-state index contributed by atoms with van der Waals surface area (Å²) in [4.78, 5) is 15.6. The Morgan fingerprint density at radius 3 is 2.78 bits per heavy atom. The lowest BCUT2D eigenvalue weighted by Gasteiger charge is -2.16. The van der Waals surface area contributed by atoms with Crippen LogP contribution in [0, 0.1) is 12.7 Å². The molecule has 0 fully saturated rings. The third-order valence-electron chi connectivity index (χ3n) is 3.42. The average molecular weight is 339 g/mol. The largest absolute Gasteiger partial charge is 0.481 e. The molecule has 1 aromatic heterocycles. The molecule has 122 valence electrons. The number of methoxy groups -OCH3 is 1. The van der Waals surface area contributed by atoms with E-state index in [0.717, 1.165) is 17.2 Å². The third kappa shape index (κ3) is 4.18. The summed E-state index contributed by atoms with van der Waals surface area (Å²) in [7, 11) is 1.53. The number of nitrogens with one attached hydrogen (secondary N) is 1. The van der Waals surface area contributed by atoms with E-state index in [4.69, 9.17) is 16.3 Å². The Morgan fingerprint density at radius 1 is 1.48 bits per heavy atom. The van der Waals surface area contributed by atoms with Gasteiger partial charge in [0.1, 0.15) is 11.9 Å². The summed E-state index contributed by atoms with van der Waals surface area (Å²) in [6, 6.07) is 4.61. The van der Waals surface area contributed by atoms with Crippen molar-refractivity contribution in [2.75, 3.05) is 7.11 Å². The van der Waals surface area contributed by atoms with Crippen LogP contribution in [-0.4, -0.2) is 23.2 Å². The molecule has 2 rings (SSSR count). The zero-order valence-electron chi connectivity index (χ0n) is 12.6. The van der Waals surface area contributed by atoms with Crippen LogP contribution in [0.2, 0.25) is 5.02 Å². The number of benzene rings is 1. The zero-order valence-corrected chi connectivity index (χ0v) is 13.4. The number of nitrogens with zero attached hydrogens (tertiary/aromatic N) is 1. The van der Waals surface area contributed by atoms with Crippen LogP contribution in [0.15, 0.2) is 30.5 Å². The SMILES string of the molecule is COc1cc(C)c(CNC(C(=O)O)c2ccc(F)c(Cl)c2)cn1. The fourth-order valence-corrected chi connectivity index (χ4v) is 2.30. The van der Waals surface area contributed by atoms with E-state index in [-0.39, 0.29) is 11.6 Å². The van der Waals surface area contributed by atoms with E-state index in [1.807, 2.05) is 6.92 Å². The molecule has 0 aliphatic heterocycles. The van der Waals surface area contributed by atoms with Crippen molar-refractivity contribution in [2.45, 2.75) is 19.5 Å². The summed E-state index contributed by atoms with van der Waals surface area (Å²) in [5.41, 5.74) is 2.14. The molecule has 0 saturated carbocycles. The van der Waals surface area contributed by atoms with Gasteiger partial charge in [0.2, 0.25) is 5.88 Å². The quantitative estimate of drug-likeness (QED) is 0.846. The molecule has 1 aromatic carbocycles. The molecule has 0 aliphatic rings. The number of pyridine rings is 1. The topological polar surface area (TPSA) is 71.5 Å². The molecule has 5 nitrogen and oxygen atoms in total. The lowest BCUT2D eigenvalue weighted by Crippen LogP contribution is -2.28. The van der Waals surface area contributed by atoms with Crippen LogP contribution in [0.3, 0.4) is 0 Å². The Morgan fingerprint density at radius 2 is 2.22 bits per heavy atom. The van der Waals surface area contributed by atoms with E-state index in [0.29, 0.717) is 11.4 Å². The van der Waals surface area contributed by atoms with Gasteiger partial charge in [-0.3, -0.25) is 10.1 Å². The molecular weight excluding hydrogens is 323 g/mol. The van der Waals surface area contributed by atoms with Crippen LogP contribution in [-0.2, 0) is 11.3 Å². The van der Waals surface area contributed by atoms with Gasteiger partial charge >= 0.3 is 5.97 Å². The van der Waals surface area contributed by atoms with Gasteiger partial charge < -0.3 is 9.84 Å². The third-order valence-corrected chi connectivity index (χ3v) is 3.71. The predicted octanol–water partition coefficient (Wildman–Crippen LogP) is 3.11. The molecule has 0 spiro atoms. The number of ether oxygens (including phenoxy) is 1. The van der Waals surface area contributed by atoms with Crippen LogP contribution in [0.25, 0.3) is 0 Å². The first-order chi connectivity index (χ1) is 10.9. The first kappa shape index (κ1) is 17.2. The second-order valence-corrected chi connectivity index (χ2v) is 5.39. The standard InChI is InChI=1S/C16H16ClFN2O3/c1-9-5-14(23-2)19-7-11(9)8-20-15(16(21)22)10-3-4-13(18)12(17)6-10/h3-7,15,20H,8H2,1-2H3,(H,21,22). The molecule has 2 aromatic rings. The normalized spacial score (nSPS) is 12.0. The van der Waals surface area contributed by atoms with E-state index < -0.39 is 17.8 Å². The van der Waals surface area contributed by atoms with Crippen molar-refractivity contribution in [3.05, 3.63) is 58.0 Å². The number of aromatic nitrogens is 1. The van der Waals surface area contributed by atoms with E-state index >= 15 is 0 Å². The maximum atomic E-state index is 13.2. The van der Waals surface area contributed by atoms with Gasteiger partial charge in [-0.25, -0.2) is 9.37 Å². The summed E-state index contributed by atoms with van der Waals surface area (Å²) in [6.07, 6.45) is 1.62. The Bertz CT molecular complexity index is 724. The molecule has 1 heterocycles. The van der Waals surface area contributed by atoms with Crippen LogP contribution in [0.5, 0.6) is 5.88 Å². The highest BCUT2D eigenvalue weighted by Crippen LogP contribution is 2.22. The van der Waals surface area contributed by atoms with Crippen molar-refractivity contribution >= 4 is 17.6 Å². The Kier molecular flexibility index (Phi) is 5.52. The van der Waals surface area contributed by atoms with Gasteiger partial charge in [0.15, 0.2) is 0 Å². The van der Waals surface area contributed by atoms with Crippen molar-refractivity contribution < 1.29 is 19.0 Å². The summed E-state index contributed by atoms with van der Waals surface area (Å²) in [5.74, 6) is -1.17. The number of rotatable bonds is 6. The minimum Gasteiger partial charge on any atom is -0.481 e. The second-order valence-electron chi connectivity index (χ2n) is 4.98. The maximum absolute atomic E-state index is 13.2. The molecule has 0 bridgehead atoms. The first-order valence-electron chi connectivity index (χ1n) is 6.83. The van der Waals surface area contributed by atoms with E-state index in [1.165, 1.54) is 19.2 Å². The summed E-state index contributed by atoms with van der Waals surface area (Å²) in [6.45, 7) is 2.17. The van der Waals surface area contributed by atoms with Gasteiger partial charge in [0, 0.05) is 18.8 Å². The van der Waals surface area contributed by atoms with Crippen LogP contribution >= 0.6 is 11.6 Å². The number of carboxylic acids is 1. The molecule has 23 heavy (non-hydrogen) atoms. The molecule has 0 radical (unpaired) electrons. The smallest absolute Gasteiger partial charge is 0.325 e. The van der Waals surface area contributed by atoms with Crippen LogP contribution in [0.1, 0.15) is 22.7 Å². The first-order valence-corrected chi connectivity index (χ1v) is 7.21. The minimum atomic E-state index is -1.08. The molecule has 2 N–H and O–H groups in total. The Hall–Kier alpha value is -2.18. The van der Waals surface area contributed by atoms with Crippen molar-refractivity contribution in [1.82, 2.24) is 10.3 Å². The monoisotopic (exact) mass is 338 g/mol. The van der Waals surface area contributed by atoms with E-state index in [2.05, 4.69) is 10.3 Å². The lowest BCUT2D eigenvalue weighted by atomic mass is 10.1. The van der Waals surface area contributed by atoms with Crippen LogP contribution < -0.4 is 10.1 Å². The highest BCUT2D eigenvalue weighted by Gasteiger charge is 2.20. The zero-order chi connectivity index (χ0) is 17.0. The Balaban J connectivity index is 2.17. The fraction of sp³-hybridized carbons (Fsp3) is 0.250. The molecule has 1 atom stereocenters. The van der Waals surface area contributed by atoms with E-state index in [9.17, 15) is 14.3 Å². The fourth-order valence-electron chi connectivity index (χ4n) is 2.11. The molecule has 7 heteroatoms. The van der Waals surface area contributed by atoms with Crippen molar-refractivity contribution in [2.24, 2.45) is 0 Å². The summed E-state index contributed by atoms with van der Waals surface area (Å²) < 4.78 is 18.3. The average Bonchev–Trinajstić information content (AvgIpc) is 2.51. The number of aliphatic carboxylic acids is 1. The van der Waals surface area contributed by atoms with Gasteiger partial charge in [-0.05, 0) is 35.7 Å². The maximum Gasteiger partial charge on any atom is 0.325 e. The number of hydrogen-bond donors (Lipinski definition) is 2. The summed E-state index contributed by atoms with van der Waals surface area (Å²) in [5, 5.41) is 12.2. The number of halogens is 2. The highest BCUT2D eigenvalue weighted by molar-refractivity contribution is 6.30.